The van der Waals surface area contributed by atoms with Gasteiger partial charge in [0.15, 0.2) is 0 Å². The number of likely N-dealkylation sites (N-methyl/N-ethyl adjacent to an activating group) is 1. The predicted octanol–water partition coefficient (Wildman–Crippen LogP) is 2.77. The van der Waals surface area contributed by atoms with Gasteiger partial charge in [-0.15, -0.1) is 0 Å². The van der Waals surface area contributed by atoms with Gasteiger partial charge >= 0.3 is 0 Å². The first-order valence-corrected chi connectivity index (χ1v) is 7.29. The van der Waals surface area contributed by atoms with E-state index in [1.54, 1.807) is 6.07 Å². The number of halogens is 2. The lowest BCUT2D eigenvalue weighted by Gasteiger charge is -2.32. The van der Waals surface area contributed by atoms with Crippen molar-refractivity contribution in [3.8, 4) is 0 Å². The zero-order valence-corrected chi connectivity index (χ0v) is 12.4. The minimum Gasteiger partial charge on any atom is -0.304 e. The third-order valence-corrected chi connectivity index (χ3v) is 4.02. The minimum atomic E-state index is -0.0947. The maximum absolute atomic E-state index is 13.6. The molecule has 1 saturated heterocycles. The molecule has 1 aromatic rings. The fourth-order valence-electron chi connectivity index (χ4n) is 2.29. The van der Waals surface area contributed by atoms with Crippen LogP contribution in [0.3, 0.4) is 0 Å². The van der Waals surface area contributed by atoms with Gasteiger partial charge < -0.3 is 9.80 Å². The molecule has 0 N–H and O–H groups in total. The smallest absolute Gasteiger partial charge is 0.127 e. The normalized spacial score (nSPS) is 18.2. The predicted molar refractivity (Wildman–Crippen MR) is 76.4 cm³/mol. The van der Waals surface area contributed by atoms with Crippen LogP contribution >= 0.6 is 15.9 Å². The van der Waals surface area contributed by atoms with Crippen molar-refractivity contribution in [1.29, 1.82) is 0 Å². The molecule has 0 radical (unpaired) electrons. The molecule has 0 saturated carbocycles. The van der Waals surface area contributed by atoms with Crippen LogP contribution in [0.1, 0.15) is 12.0 Å². The largest absolute Gasteiger partial charge is 0.304 e. The summed E-state index contributed by atoms with van der Waals surface area (Å²) in [6.45, 7) is 5.64. The number of hydrogen-bond donors (Lipinski definition) is 0. The molecule has 2 nitrogen and oxygen atoms in total. The van der Waals surface area contributed by atoms with E-state index in [4.69, 9.17) is 0 Å². The number of benzene rings is 1. The van der Waals surface area contributed by atoms with Crippen LogP contribution in [-0.2, 0) is 6.42 Å². The number of aryl methyl sites for hydroxylation is 1. The highest BCUT2D eigenvalue weighted by atomic mass is 79.9. The molecule has 1 aromatic carbocycles. The molecule has 0 atom stereocenters. The van der Waals surface area contributed by atoms with E-state index in [0.29, 0.717) is 0 Å². The maximum atomic E-state index is 13.6. The van der Waals surface area contributed by atoms with Crippen molar-refractivity contribution in [2.24, 2.45) is 0 Å². The SMILES string of the molecule is CN1CCN(CCCc2ccc(Br)cc2F)CC1. The van der Waals surface area contributed by atoms with E-state index in [1.807, 2.05) is 12.1 Å². The molecule has 0 aliphatic carbocycles. The molecule has 0 unspecified atom stereocenters. The van der Waals surface area contributed by atoms with Crippen LogP contribution in [0.2, 0.25) is 0 Å². The Balaban J connectivity index is 1.75. The van der Waals surface area contributed by atoms with Gasteiger partial charge in [-0.05, 0) is 44.1 Å². The molecule has 1 fully saturated rings. The summed E-state index contributed by atoms with van der Waals surface area (Å²) in [5.74, 6) is -0.0947. The Hall–Kier alpha value is -0.450. The van der Waals surface area contributed by atoms with Crippen LogP contribution in [0.15, 0.2) is 22.7 Å². The molecule has 18 heavy (non-hydrogen) atoms. The standard InChI is InChI=1S/C14H20BrFN2/c1-17-7-9-18(10-8-17)6-2-3-12-4-5-13(15)11-14(12)16/h4-5,11H,2-3,6-10H2,1H3. The van der Waals surface area contributed by atoms with Crippen LogP contribution in [0, 0.1) is 5.82 Å². The molecule has 0 aromatic heterocycles. The van der Waals surface area contributed by atoms with Crippen LogP contribution in [0.5, 0.6) is 0 Å². The lowest BCUT2D eigenvalue weighted by atomic mass is 10.1. The number of nitrogens with zero attached hydrogens (tertiary/aromatic N) is 2. The van der Waals surface area contributed by atoms with E-state index in [2.05, 4.69) is 32.8 Å². The van der Waals surface area contributed by atoms with Crippen molar-refractivity contribution >= 4 is 15.9 Å². The summed E-state index contributed by atoms with van der Waals surface area (Å²) in [5.41, 5.74) is 0.826. The van der Waals surface area contributed by atoms with E-state index >= 15 is 0 Å². The molecule has 1 aliphatic rings. The van der Waals surface area contributed by atoms with E-state index in [0.717, 1.165) is 55.6 Å². The average Bonchev–Trinajstić information content (AvgIpc) is 2.34. The summed E-state index contributed by atoms with van der Waals surface area (Å²) in [4.78, 5) is 4.82. The molecular weight excluding hydrogens is 295 g/mol. The van der Waals surface area contributed by atoms with Crippen LogP contribution in [0.4, 0.5) is 4.39 Å². The van der Waals surface area contributed by atoms with Gasteiger partial charge in [-0.2, -0.15) is 0 Å². The first-order valence-electron chi connectivity index (χ1n) is 6.50. The van der Waals surface area contributed by atoms with Crippen molar-refractivity contribution in [1.82, 2.24) is 9.80 Å². The van der Waals surface area contributed by atoms with Crippen molar-refractivity contribution < 1.29 is 4.39 Å². The lowest BCUT2D eigenvalue weighted by molar-refractivity contribution is 0.153. The van der Waals surface area contributed by atoms with Crippen LogP contribution < -0.4 is 0 Å². The van der Waals surface area contributed by atoms with Gasteiger partial charge in [-0.1, -0.05) is 22.0 Å². The second kappa shape index (κ2) is 6.64. The van der Waals surface area contributed by atoms with Gasteiger partial charge in [0, 0.05) is 30.7 Å². The Kier molecular flexibility index (Phi) is 5.15. The van der Waals surface area contributed by atoms with Crippen molar-refractivity contribution in [3.63, 3.8) is 0 Å². The number of piperazine rings is 1. The summed E-state index contributed by atoms with van der Waals surface area (Å²) in [6.07, 6.45) is 1.85. The zero-order chi connectivity index (χ0) is 13.0. The second-order valence-corrected chi connectivity index (χ2v) is 5.90. The summed E-state index contributed by atoms with van der Waals surface area (Å²) < 4.78 is 14.4. The lowest BCUT2D eigenvalue weighted by Crippen LogP contribution is -2.44. The third-order valence-electron chi connectivity index (χ3n) is 3.53. The Labute approximate surface area is 117 Å². The van der Waals surface area contributed by atoms with Gasteiger partial charge in [0.2, 0.25) is 0 Å². The first kappa shape index (κ1) is 14.0. The quantitative estimate of drug-likeness (QED) is 0.843. The molecular formula is C14H20BrFN2. The highest BCUT2D eigenvalue weighted by Gasteiger charge is 2.13. The van der Waals surface area contributed by atoms with Gasteiger partial charge in [0.1, 0.15) is 5.82 Å². The van der Waals surface area contributed by atoms with Crippen LogP contribution in [-0.4, -0.2) is 49.6 Å². The van der Waals surface area contributed by atoms with Gasteiger partial charge in [-0.3, -0.25) is 0 Å². The number of rotatable bonds is 4. The summed E-state index contributed by atoms with van der Waals surface area (Å²) in [7, 11) is 2.16. The van der Waals surface area contributed by atoms with E-state index in [1.165, 1.54) is 0 Å². The Bertz CT molecular complexity index is 389. The highest BCUT2D eigenvalue weighted by molar-refractivity contribution is 9.10. The number of hydrogen-bond acceptors (Lipinski definition) is 2. The van der Waals surface area contributed by atoms with E-state index in [-0.39, 0.29) is 5.82 Å². The summed E-state index contributed by atoms with van der Waals surface area (Å²) in [5, 5.41) is 0. The van der Waals surface area contributed by atoms with E-state index < -0.39 is 0 Å². The molecule has 0 spiro atoms. The fraction of sp³-hybridized carbons (Fsp3) is 0.571. The van der Waals surface area contributed by atoms with Crippen molar-refractivity contribution in [2.75, 3.05) is 39.8 Å². The fourth-order valence-corrected chi connectivity index (χ4v) is 2.62. The monoisotopic (exact) mass is 314 g/mol. The molecule has 4 heteroatoms. The average molecular weight is 315 g/mol. The second-order valence-electron chi connectivity index (χ2n) is 4.98. The molecule has 100 valence electrons. The minimum absolute atomic E-state index is 0.0947. The third kappa shape index (κ3) is 4.04. The van der Waals surface area contributed by atoms with E-state index in [9.17, 15) is 4.39 Å². The summed E-state index contributed by atoms with van der Waals surface area (Å²) >= 11 is 3.28. The first-order chi connectivity index (χ1) is 8.65. The molecule has 0 bridgehead atoms. The van der Waals surface area contributed by atoms with Gasteiger partial charge in [-0.25, -0.2) is 4.39 Å². The molecule has 2 rings (SSSR count). The topological polar surface area (TPSA) is 6.48 Å². The van der Waals surface area contributed by atoms with Gasteiger partial charge in [0.05, 0.1) is 0 Å². The maximum Gasteiger partial charge on any atom is 0.127 e. The summed E-state index contributed by atoms with van der Waals surface area (Å²) in [6, 6.07) is 5.34. The van der Waals surface area contributed by atoms with Gasteiger partial charge in [0.25, 0.3) is 0 Å². The Morgan fingerprint density at radius 3 is 2.61 bits per heavy atom. The highest BCUT2D eigenvalue weighted by Crippen LogP contribution is 2.16. The molecule has 0 amide bonds. The molecule has 1 heterocycles. The zero-order valence-electron chi connectivity index (χ0n) is 10.8. The van der Waals surface area contributed by atoms with Crippen molar-refractivity contribution in [2.45, 2.75) is 12.8 Å². The van der Waals surface area contributed by atoms with Crippen LogP contribution in [0.25, 0.3) is 0 Å². The Morgan fingerprint density at radius 1 is 1.22 bits per heavy atom. The van der Waals surface area contributed by atoms with Crippen molar-refractivity contribution in [3.05, 3.63) is 34.1 Å². The Morgan fingerprint density at radius 2 is 1.94 bits per heavy atom. The molecule has 1 aliphatic heterocycles.